The molecule has 2 N–H and O–H groups in total. The van der Waals surface area contributed by atoms with Gasteiger partial charge in [-0.2, -0.15) is 0 Å². The third kappa shape index (κ3) is 2.93. The summed E-state index contributed by atoms with van der Waals surface area (Å²) in [5, 5.41) is 0. The van der Waals surface area contributed by atoms with E-state index in [1.165, 1.54) is 0 Å². The zero-order chi connectivity index (χ0) is 13.1. The first-order chi connectivity index (χ1) is 8.60. The minimum absolute atomic E-state index is 0.117. The predicted molar refractivity (Wildman–Crippen MR) is 65.2 cm³/mol. The molecule has 4 heteroatoms. The summed E-state index contributed by atoms with van der Waals surface area (Å²) in [7, 11) is 0. The van der Waals surface area contributed by atoms with Gasteiger partial charge >= 0.3 is 0 Å². The maximum atomic E-state index is 13.1. The second kappa shape index (κ2) is 5.57. The summed E-state index contributed by atoms with van der Waals surface area (Å²) in [5.41, 5.74) is 5.73. The van der Waals surface area contributed by atoms with Gasteiger partial charge in [0.05, 0.1) is 0 Å². The normalized spacial score (nSPS) is 23.9. The van der Waals surface area contributed by atoms with Gasteiger partial charge in [0.1, 0.15) is 11.6 Å². The highest BCUT2D eigenvalue weighted by Gasteiger charge is 2.26. The van der Waals surface area contributed by atoms with Gasteiger partial charge in [-0.1, -0.05) is 0 Å². The highest BCUT2D eigenvalue weighted by Crippen LogP contribution is 2.30. The molecule has 2 rings (SSSR count). The SMILES string of the molecule is NCC1CCC(C(=O)c2cc(F)cc(F)c2)CC1. The van der Waals surface area contributed by atoms with E-state index >= 15 is 0 Å². The summed E-state index contributed by atoms with van der Waals surface area (Å²) in [4.78, 5) is 12.1. The molecule has 0 amide bonds. The van der Waals surface area contributed by atoms with E-state index in [4.69, 9.17) is 5.73 Å². The molecule has 1 fully saturated rings. The van der Waals surface area contributed by atoms with Crippen LogP contribution < -0.4 is 5.73 Å². The molecule has 0 aromatic heterocycles. The fourth-order valence-corrected chi connectivity index (χ4v) is 2.59. The summed E-state index contributed by atoms with van der Waals surface area (Å²) >= 11 is 0. The molecular formula is C14H17F2NO. The Labute approximate surface area is 105 Å². The Balaban J connectivity index is 2.07. The van der Waals surface area contributed by atoms with Crippen LogP contribution >= 0.6 is 0 Å². The maximum absolute atomic E-state index is 13.1. The number of benzene rings is 1. The van der Waals surface area contributed by atoms with Crippen LogP contribution in [0.25, 0.3) is 0 Å². The Morgan fingerprint density at radius 1 is 1.11 bits per heavy atom. The fourth-order valence-electron chi connectivity index (χ4n) is 2.59. The lowest BCUT2D eigenvalue weighted by Gasteiger charge is -2.26. The van der Waals surface area contributed by atoms with Crippen LogP contribution in [0, 0.1) is 23.5 Å². The van der Waals surface area contributed by atoms with Crippen molar-refractivity contribution in [2.45, 2.75) is 25.7 Å². The van der Waals surface area contributed by atoms with Gasteiger partial charge in [0.2, 0.25) is 0 Å². The van der Waals surface area contributed by atoms with E-state index in [2.05, 4.69) is 0 Å². The van der Waals surface area contributed by atoms with Crippen LogP contribution in [0.15, 0.2) is 18.2 Å². The number of rotatable bonds is 3. The van der Waals surface area contributed by atoms with E-state index in [0.717, 1.165) is 43.9 Å². The highest BCUT2D eigenvalue weighted by molar-refractivity contribution is 5.97. The number of nitrogens with two attached hydrogens (primary N) is 1. The topological polar surface area (TPSA) is 43.1 Å². The van der Waals surface area contributed by atoms with E-state index in [9.17, 15) is 13.6 Å². The number of ketones is 1. The Bertz CT molecular complexity index is 419. The zero-order valence-corrected chi connectivity index (χ0v) is 10.2. The molecule has 1 aromatic rings. The van der Waals surface area contributed by atoms with Crippen molar-refractivity contribution in [3.8, 4) is 0 Å². The van der Waals surface area contributed by atoms with Crippen molar-refractivity contribution in [1.29, 1.82) is 0 Å². The Morgan fingerprint density at radius 3 is 2.17 bits per heavy atom. The van der Waals surface area contributed by atoms with E-state index in [1.807, 2.05) is 0 Å². The molecule has 18 heavy (non-hydrogen) atoms. The molecule has 98 valence electrons. The van der Waals surface area contributed by atoms with Crippen LogP contribution in [0.3, 0.4) is 0 Å². The fraction of sp³-hybridized carbons (Fsp3) is 0.500. The van der Waals surface area contributed by atoms with Gasteiger partial charge in [0.25, 0.3) is 0 Å². The first kappa shape index (κ1) is 13.1. The standard InChI is InChI=1S/C14H17F2NO/c15-12-5-11(6-13(16)7-12)14(18)10-3-1-9(8-17)2-4-10/h5-7,9-10H,1-4,8,17H2. The van der Waals surface area contributed by atoms with E-state index in [1.54, 1.807) is 0 Å². The molecule has 1 aliphatic carbocycles. The lowest BCUT2D eigenvalue weighted by atomic mass is 9.78. The van der Waals surface area contributed by atoms with Crippen LogP contribution in [0.1, 0.15) is 36.0 Å². The van der Waals surface area contributed by atoms with Crippen molar-refractivity contribution in [1.82, 2.24) is 0 Å². The van der Waals surface area contributed by atoms with E-state index < -0.39 is 11.6 Å². The third-order valence-corrected chi connectivity index (χ3v) is 3.70. The summed E-state index contributed by atoms with van der Waals surface area (Å²) in [6.07, 6.45) is 3.37. The first-order valence-electron chi connectivity index (χ1n) is 6.30. The van der Waals surface area contributed by atoms with E-state index in [0.29, 0.717) is 12.5 Å². The average Bonchev–Trinajstić information content (AvgIpc) is 2.37. The van der Waals surface area contributed by atoms with Gasteiger partial charge in [-0.05, 0) is 50.3 Å². The Morgan fingerprint density at radius 2 is 1.67 bits per heavy atom. The van der Waals surface area contributed by atoms with Gasteiger partial charge in [-0.25, -0.2) is 8.78 Å². The lowest BCUT2D eigenvalue weighted by Crippen LogP contribution is -2.25. The van der Waals surface area contributed by atoms with Crippen LogP contribution in [-0.4, -0.2) is 12.3 Å². The minimum Gasteiger partial charge on any atom is -0.330 e. The van der Waals surface area contributed by atoms with Gasteiger partial charge in [-0.3, -0.25) is 4.79 Å². The highest BCUT2D eigenvalue weighted by atomic mass is 19.1. The Kier molecular flexibility index (Phi) is 4.07. The molecule has 2 nitrogen and oxygen atoms in total. The molecule has 1 saturated carbocycles. The number of hydrogen-bond donors (Lipinski definition) is 1. The molecule has 0 unspecified atom stereocenters. The number of hydrogen-bond acceptors (Lipinski definition) is 2. The molecule has 0 aliphatic heterocycles. The second-order valence-corrected chi connectivity index (χ2v) is 4.98. The smallest absolute Gasteiger partial charge is 0.166 e. The largest absolute Gasteiger partial charge is 0.330 e. The number of halogens is 2. The number of carbonyl (C=O) groups excluding carboxylic acids is 1. The first-order valence-corrected chi connectivity index (χ1v) is 6.30. The van der Waals surface area contributed by atoms with Crippen molar-refractivity contribution in [2.75, 3.05) is 6.54 Å². The van der Waals surface area contributed by atoms with Crippen molar-refractivity contribution in [3.63, 3.8) is 0 Å². The summed E-state index contributed by atoms with van der Waals surface area (Å²) < 4.78 is 26.1. The molecule has 0 atom stereocenters. The quantitative estimate of drug-likeness (QED) is 0.842. The third-order valence-electron chi connectivity index (χ3n) is 3.70. The molecule has 0 radical (unpaired) electrons. The van der Waals surface area contributed by atoms with Crippen molar-refractivity contribution < 1.29 is 13.6 Å². The van der Waals surface area contributed by atoms with Gasteiger partial charge < -0.3 is 5.73 Å². The minimum atomic E-state index is -0.700. The van der Waals surface area contributed by atoms with Crippen molar-refractivity contribution in [2.24, 2.45) is 17.6 Å². The van der Waals surface area contributed by atoms with Gasteiger partial charge in [0, 0.05) is 17.5 Å². The lowest BCUT2D eigenvalue weighted by molar-refractivity contribution is 0.0872. The summed E-state index contributed by atoms with van der Waals surface area (Å²) in [6, 6.07) is 3.00. The van der Waals surface area contributed by atoms with Crippen molar-refractivity contribution in [3.05, 3.63) is 35.4 Å². The predicted octanol–water partition coefficient (Wildman–Crippen LogP) is 2.91. The Hall–Kier alpha value is -1.29. The molecule has 0 spiro atoms. The molecular weight excluding hydrogens is 236 g/mol. The van der Waals surface area contributed by atoms with Crippen molar-refractivity contribution >= 4 is 5.78 Å². The molecule has 0 saturated heterocycles. The molecule has 0 heterocycles. The van der Waals surface area contributed by atoms with Crippen LogP contribution in [0.2, 0.25) is 0 Å². The summed E-state index contributed by atoms with van der Waals surface area (Å²) in [6.45, 7) is 0.648. The maximum Gasteiger partial charge on any atom is 0.166 e. The van der Waals surface area contributed by atoms with Crippen LogP contribution in [-0.2, 0) is 0 Å². The zero-order valence-electron chi connectivity index (χ0n) is 10.2. The van der Waals surface area contributed by atoms with E-state index in [-0.39, 0.29) is 17.3 Å². The average molecular weight is 253 g/mol. The van der Waals surface area contributed by atoms with Crippen LogP contribution in [0.4, 0.5) is 8.78 Å². The molecule has 1 aliphatic rings. The number of carbonyl (C=O) groups is 1. The van der Waals surface area contributed by atoms with Gasteiger partial charge in [0.15, 0.2) is 5.78 Å². The summed E-state index contributed by atoms with van der Waals surface area (Å²) in [5.74, 6) is -1.18. The monoisotopic (exact) mass is 253 g/mol. The molecule has 1 aromatic carbocycles. The van der Waals surface area contributed by atoms with Gasteiger partial charge in [-0.15, -0.1) is 0 Å². The van der Waals surface area contributed by atoms with Crippen LogP contribution in [0.5, 0.6) is 0 Å². The second-order valence-electron chi connectivity index (χ2n) is 4.98. The number of Topliss-reactive ketones (excluding diaryl/α,β-unsaturated/α-hetero) is 1. The molecule has 0 bridgehead atoms.